The first-order chi connectivity index (χ1) is 14.5. The van der Waals surface area contributed by atoms with Gasteiger partial charge in [-0.15, -0.1) is 11.8 Å². The van der Waals surface area contributed by atoms with Gasteiger partial charge < -0.3 is 10.0 Å². The number of hydrogen-bond donors (Lipinski definition) is 2. The Balaban J connectivity index is 1.57. The molecule has 0 aliphatic carbocycles. The summed E-state index contributed by atoms with van der Waals surface area (Å²) in [5.41, 5.74) is 4.31. The van der Waals surface area contributed by atoms with Crippen molar-refractivity contribution in [3.63, 3.8) is 0 Å². The molecule has 30 heavy (non-hydrogen) atoms. The summed E-state index contributed by atoms with van der Waals surface area (Å²) in [6.45, 7) is 1.90. The second-order valence-electron chi connectivity index (χ2n) is 7.23. The molecule has 8 nitrogen and oxygen atoms in total. The van der Waals surface area contributed by atoms with Gasteiger partial charge in [-0.05, 0) is 30.7 Å². The van der Waals surface area contributed by atoms with Crippen LogP contribution < -0.4 is 5.32 Å². The Morgan fingerprint density at radius 1 is 1.47 bits per heavy atom. The van der Waals surface area contributed by atoms with Crippen LogP contribution in [-0.4, -0.2) is 54.9 Å². The van der Waals surface area contributed by atoms with Gasteiger partial charge >= 0.3 is 0 Å². The number of amides is 1. The SMILES string of the molecule is Cc1nn(C)cc1-c1ccc2nccc(C(O)NCC(=O)N3CSC[C@H]3C#N)c2c1. The van der Waals surface area contributed by atoms with E-state index in [2.05, 4.69) is 21.5 Å². The lowest BCUT2D eigenvalue weighted by Crippen LogP contribution is -2.42. The molecule has 0 bridgehead atoms. The molecule has 1 amide bonds. The summed E-state index contributed by atoms with van der Waals surface area (Å²) in [5, 5.41) is 28.0. The molecule has 1 saturated heterocycles. The van der Waals surface area contributed by atoms with Gasteiger partial charge in [-0.1, -0.05) is 6.07 Å². The number of aryl methyl sites for hydroxylation is 2. The number of aliphatic hydroxyl groups excluding tert-OH is 1. The Hall–Kier alpha value is -2.93. The summed E-state index contributed by atoms with van der Waals surface area (Å²) in [4.78, 5) is 18.4. The number of aromatic nitrogens is 3. The molecular formula is C21H22N6O2S. The molecule has 1 fully saturated rings. The molecule has 1 aromatic carbocycles. The van der Waals surface area contributed by atoms with Crippen LogP contribution in [0.4, 0.5) is 0 Å². The van der Waals surface area contributed by atoms with Crippen LogP contribution in [0.1, 0.15) is 17.5 Å². The Bertz CT molecular complexity index is 1140. The highest BCUT2D eigenvalue weighted by Crippen LogP contribution is 2.29. The van der Waals surface area contributed by atoms with E-state index in [1.54, 1.807) is 33.6 Å². The molecule has 0 radical (unpaired) electrons. The Morgan fingerprint density at radius 3 is 3.03 bits per heavy atom. The van der Waals surface area contributed by atoms with Crippen LogP contribution in [-0.2, 0) is 11.8 Å². The lowest BCUT2D eigenvalue weighted by atomic mass is 10.0. The lowest BCUT2D eigenvalue weighted by Gasteiger charge is -2.21. The zero-order valence-electron chi connectivity index (χ0n) is 16.7. The molecule has 0 saturated carbocycles. The second kappa shape index (κ2) is 8.44. The van der Waals surface area contributed by atoms with Gasteiger partial charge in [-0.25, -0.2) is 0 Å². The topological polar surface area (TPSA) is 107 Å². The molecule has 4 rings (SSSR count). The molecule has 9 heteroatoms. The van der Waals surface area contributed by atoms with E-state index in [-0.39, 0.29) is 12.5 Å². The number of pyridine rings is 1. The van der Waals surface area contributed by atoms with Crippen molar-refractivity contribution in [1.82, 2.24) is 25.0 Å². The maximum absolute atomic E-state index is 12.5. The zero-order chi connectivity index (χ0) is 21.3. The smallest absolute Gasteiger partial charge is 0.238 e. The van der Waals surface area contributed by atoms with E-state index >= 15 is 0 Å². The van der Waals surface area contributed by atoms with Crippen LogP contribution in [0, 0.1) is 18.3 Å². The van der Waals surface area contributed by atoms with Crippen LogP contribution in [0.25, 0.3) is 22.0 Å². The van der Waals surface area contributed by atoms with Gasteiger partial charge in [0.15, 0.2) is 0 Å². The molecule has 1 unspecified atom stereocenters. The minimum atomic E-state index is -1.04. The van der Waals surface area contributed by atoms with Crippen molar-refractivity contribution in [2.75, 3.05) is 18.2 Å². The Morgan fingerprint density at radius 2 is 2.30 bits per heavy atom. The number of nitrogens with zero attached hydrogens (tertiary/aromatic N) is 5. The third-order valence-corrected chi connectivity index (χ3v) is 6.20. The van der Waals surface area contributed by atoms with Crippen LogP contribution >= 0.6 is 11.8 Å². The van der Waals surface area contributed by atoms with Gasteiger partial charge in [0.25, 0.3) is 0 Å². The monoisotopic (exact) mass is 422 g/mol. The number of fused-ring (bicyclic) bond motifs is 1. The average Bonchev–Trinajstić information content (AvgIpc) is 3.36. The number of thioether (sulfide) groups is 1. The minimum Gasteiger partial charge on any atom is -0.374 e. The van der Waals surface area contributed by atoms with Crippen molar-refractivity contribution in [2.24, 2.45) is 7.05 Å². The predicted octanol–water partition coefficient (Wildman–Crippen LogP) is 1.95. The highest BCUT2D eigenvalue weighted by molar-refractivity contribution is 7.99. The van der Waals surface area contributed by atoms with Gasteiger partial charge in [0.05, 0.1) is 29.7 Å². The Kier molecular flexibility index (Phi) is 5.72. The van der Waals surface area contributed by atoms with Gasteiger partial charge in [0.1, 0.15) is 12.3 Å². The molecule has 2 atom stereocenters. The largest absolute Gasteiger partial charge is 0.374 e. The van der Waals surface area contributed by atoms with Crippen LogP contribution in [0.3, 0.4) is 0 Å². The molecule has 0 spiro atoms. The number of aliphatic hydroxyl groups is 1. The molecule has 2 N–H and O–H groups in total. The second-order valence-corrected chi connectivity index (χ2v) is 8.23. The van der Waals surface area contributed by atoms with E-state index in [1.165, 1.54) is 0 Å². The fourth-order valence-electron chi connectivity index (χ4n) is 3.65. The van der Waals surface area contributed by atoms with Crippen molar-refractivity contribution < 1.29 is 9.90 Å². The highest BCUT2D eigenvalue weighted by atomic mass is 32.2. The summed E-state index contributed by atoms with van der Waals surface area (Å²) in [6.07, 6.45) is 2.56. The van der Waals surface area contributed by atoms with E-state index in [1.807, 2.05) is 38.4 Å². The van der Waals surface area contributed by atoms with Crippen LogP contribution in [0.5, 0.6) is 0 Å². The standard InChI is InChI=1S/C21H22N6O2S/c1-13-18(10-26(2)25-13)14-3-4-19-17(7-14)16(5-6-23-19)21(29)24-9-20(28)27-12-30-11-15(27)8-22/h3-7,10,15,21,24,29H,9,11-12H2,1-2H3/t15-,21?/m1/s1. The molecule has 1 aliphatic heterocycles. The van der Waals surface area contributed by atoms with Crippen molar-refractivity contribution in [1.29, 1.82) is 5.26 Å². The summed E-state index contributed by atoms with van der Waals surface area (Å²) >= 11 is 1.56. The third-order valence-electron chi connectivity index (χ3n) is 5.19. The summed E-state index contributed by atoms with van der Waals surface area (Å²) < 4.78 is 1.77. The van der Waals surface area contributed by atoms with Crippen molar-refractivity contribution in [3.8, 4) is 17.2 Å². The summed E-state index contributed by atoms with van der Waals surface area (Å²) in [6, 6.07) is 9.36. The predicted molar refractivity (Wildman–Crippen MR) is 115 cm³/mol. The van der Waals surface area contributed by atoms with Gasteiger partial charge in [0.2, 0.25) is 5.91 Å². The van der Waals surface area contributed by atoms with E-state index in [4.69, 9.17) is 5.26 Å². The Labute approximate surface area is 178 Å². The number of carbonyl (C=O) groups excluding carboxylic acids is 1. The summed E-state index contributed by atoms with van der Waals surface area (Å²) in [7, 11) is 1.88. The molecule has 3 aromatic rings. The van der Waals surface area contributed by atoms with Gasteiger partial charge in [-0.2, -0.15) is 10.4 Å². The zero-order valence-corrected chi connectivity index (χ0v) is 17.6. The number of nitrogens with one attached hydrogen (secondary N) is 1. The first-order valence-electron chi connectivity index (χ1n) is 9.55. The first kappa shape index (κ1) is 20.3. The van der Waals surface area contributed by atoms with E-state index in [0.717, 1.165) is 27.7 Å². The summed E-state index contributed by atoms with van der Waals surface area (Å²) in [5.74, 6) is 0.924. The fraction of sp³-hybridized carbons (Fsp3) is 0.333. The number of nitriles is 1. The quantitative estimate of drug-likeness (QED) is 0.605. The van der Waals surface area contributed by atoms with Crippen molar-refractivity contribution in [2.45, 2.75) is 19.2 Å². The van der Waals surface area contributed by atoms with Crippen LogP contribution in [0.15, 0.2) is 36.7 Å². The maximum atomic E-state index is 12.5. The van der Waals surface area contributed by atoms with Gasteiger partial charge in [-0.3, -0.25) is 19.8 Å². The maximum Gasteiger partial charge on any atom is 0.238 e. The number of carbonyl (C=O) groups is 1. The van der Waals surface area contributed by atoms with Gasteiger partial charge in [0, 0.05) is 41.7 Å². The molecule has 154 valence electrons. The lowest BCUT2D eigenvalue weighted by molar-refractivity contribution is -0.130. The first-order valence-corrected chi connectivity index (χ1v) is 10.7. The highest BCUT2D eigenvalue weighted by Gasteiger charge is 2.29. The van der Waals surface area contributed by atoms with Crippen LogP contribution in [0.2, 0.25) is 0 Å². The number of rotatable bonds is 5. The van der Waals surface area contributed by atoms with Crippen molar-refractivity contribution >= 4 is 28.6 Å². The minimum absolute atomic E-state index is 0.0505. The third kappa shape index (κ3) is 3.89. The number of benzene rings is 1. The normalized spacial score (nSPS) is 17.3. The molecule has 3 heterocycles. The van der Waals surface area contributed by atoms with Crippen molar-refractivity contribution in [3.05, 3.63) is 47.9 Å². The number of hydrogen-bond acceptors (Lipinski definition) is 7. The molecule has 1 aliphatic rings. The van der Waals surface area contributed by atoms with E-state index in [0.29, 0.717) is 17.2 Å². The average molecular weight is 423 g/mol. The molecular weight excluding hydrogens is 400 g/mol. The van der Waals surface area contributed by atoms with E-state index in [9.17, 15) is 9.90 Å². The van der Waals surface area contributed by atoms with E-state index < -0.39 is 12.3 Å². The fourth-order valence-corrected chi connectivity index (χ4v) is 4.75. The molecule has 2 aromatic heterocycles.